The van der Waals surface area contributed by atoms with E-state index in [0.717, 1.165) is 25.7 Å². The smallest absolute Gasteiger partial charge is 0.307 e. The lowest BCUT2D eigenvalue weighted by Crippen LogP contribution is -2.56. The van der Waals surface area contributed by atoms with Gasteiger partial charge in [-0.05, 0) is 69.6 Å². The summed E-state index contributed by atoms with van der Waals surface area (Å²) in [7, 11) is 0. The molecule has 2 N–H and O–H groups in total. The average molecular weight is 362 g/mol. The molecule has 0 aliphatic heterocycles. The average Bonchev–Trinajstić information content (AvgIpc) is 2.88. The molecule has 0 unspecified atom stereocenters. The Labute approximate surface area is 152 Å². The van der Waals surface area contributed by atoms with Crippen molar-refractivity contribution in [3.8, 4) is 0 Å². The molecule has 7 nitrogen and oxygen atoms in total. The van der Waals surface area contributed by atoms with Gasteiger partial charge < -0.3 is 19.7 Å². The van der Waals surface area contributed by atoms with Crippen LogP contribution in [-0.2, 0) is 14.3 Å². The number of carbonyl (C=O) groups is 2. The zero-order valence-corrected chi connectivity index (χ0v) is 15.3. The third kappa shape index (κ3) is 3.37. The Hall–Kier alpha value is -1.89. The van der Waals surface area contributed by atoms with E-state index in [1.807, 2.05) is 0 Å². The van der Waals surface area contributed by atoms with Crippen molar-refractivity contribution in [1.29, 1.82) is 0 Å². The third-order valence-corrected chi connectivity index (χ3v) is 6.23. The highest BCUT2D eigenvalue weighted by Gasteiger charge is 2.57. The minimum absolute atomic E-state index is 0.157. The van der Waals surface area contributed by atoms with Gasteiger partial charge in [-0.15, -0.1) is 0 Å². The van der Waals surface area contributed by atoms with E-state index in [9.17, 15) is 14.7 Å². The summed E-state index contributed by atoms with van der Waals surface area (Å²) in [5.41, 5.74) is -0.756. The zero-order chi connectivity index (χ0) is 18.5. The lowest BCUT2D eigenvalue weighted by Gasteiger charge is -2.60. The number of aromatic nitrogens is 1. The van der Waals surface area contributed by atoms with Gasteiger partial charge in [0.05, 0.1) is 12.0 Å². The van der Waals surface area contributed by atoms with Crippen LogP contribution in [0.2, 0.25) is 0 Å². The predicted octanol–water partition coefficient (Wildman–Crippen LogP) is 2.57. The van der Waals surface area contributed by atoms with Gasteiger partial charge in [0.1, 0.15) is 5.76 Å². The first-order valence-corrected chi connectivity index (χ1v) is 9.40. The van der Waals surface area contributed by atoms with Crippen molar-refractivity contribution in [2.45, 2.75) is 70.5 Å². The monoisotopic (exact) mass is 362 g/mol. The van der Waals surface area contributed by atoms with E-state index >= 15 is 0 Å². The van der Waals surface area contributed by atoms with Gasteiger partial charge >= 0.3 is 5.97 Å². The Kier molecular flexibility index (Phi) is 4.10. The van der Waals surface area contributed by atoms with E-state index in [4.69, 9.17) is 9.26 Å². The molecule has 0 spiro atoms. The highest BCUT2D eigenvalue weighted by Crippen LogP contribution is 2.62. The second-order valence-corrected chi connectivity index (χ2v) is 8.81. The highest BCUT2D eigenvalue weighted by molar-refractivity contribution is 5.94. The second-order valence-electron chi connectivity index (χ2n) is 8.81. The standard InChI is InChI=1S/C19H26N2O5/c1-11-3-15(21-26-11)20-17(23)12(2)25-16(22)9-18-5-13-4-14(6-18)8-19(24,7-13)10-18/h3,12-14,24H,4-10H2,1-2H3,(H,20,21,23)/t12-,13-,14-,18?,19?/m1/s1. The number of anilines is 1. The summed E-state index contributed by atoms with van der Waals surface area (Å²) in [6.45, 7) is 3.28. The summed E-state index contributed by atoms with van der Waals surface area (Å²) in [4.78, 5) is 24.6. The molecule has 1 amide bonds. The summed E-state index contributed by atoms with van der Waals surface area (Å²) in [6, 6.07) is 1.60. The molecule has 4 aliphatic carbocycles. The minimum atomic E-state index is -0.906. The quantitative estimate of drug-likeness (QED) is 0.781. The molecule has 7 heteroatoms. The van der Waals surface area contributed by atoms with Crippen molar-refractivity contribution >= 4 is 17.7 Å². The molecule has 1 aromatic heterocycles. The van der Waals surface area contributed by atoms with Gasteiger partial charge in [-0.2, -0.15) is 0 Å². The molecule has 0 aromatic carbocycles. The number of aliphatic hydroxyl groups is 1. The van der Waals surface area contributed by atoms with Crippen LogP contribution in [0.5, 0.6) is 0 Å². The molecule has 1 aromatic rings. The van der Waals surface area contributed by atoms with Gasteiger partial charge in [-0.3, -0.25) is 9.59 Å². The van der Waals surface area contributed by atoms with Gasteiger partial charge in [-0.1, -0.05) is 5.16 Å². The maximum atomic E-state index is 12.5. The fourth-order valence-corrected chi connectivity index (χ4v) is 5.86. The fraction of sp³-hybridized carbons (Fsp3) is 0.737. The topological polar surface area (TPSA) is 102 Å². The Morgan fingerprint density at radius 2 is 2.08 bits per heavy atom. The molecule has 1 heterocycles. The van der Waals surface area contributed by atoms with Crippen LogP contribution < -0.4 is 5.32 Å². The van der Waals surface area contributed by atoms with Crippen molar-refractivity contribution in [3.63, 3.8) is 0 Å². The van der Waals surface area contributed by atoms with E-state index in [2.05, 4.69) is 10.5 Å². The Balaban J connectivity index is 1.34. The van der Waals surface area contributed by atoms with Crippen LogP contribution in [0, 0.1) is 24.2 Å². The molecule has 142 valence electrons. The van der Waals surface area contributed by atoms with E-state index < -0.39 is 17.6 Å². The van der Waals surface area contributed by atoms with Crippen LogP contribution >= 0.6 is 0 Å². The van der Waals surface area contributed by atoms with E-state index in [1.165, 1.54) is 6.42 Å². The number of amides is 1. The summed E-state index contributed by atoms with van der Waals surface area (Å²) in [5.74, 6) is 1.13. The Morgan fingerprint density at radius 3 is 2.65 bits per heavy atom. The van der Waals surface area contributed by atoms with Crippen LogP contribution in [0.1, 0.15) is 57.6 Å². The van der Waals surface area contributed by atoms with Gasteiger partial charge in [0.15, 0.2) is 11.9 Å². The van der Waals surface area contributed by atoms with Gasteiger partial charge in [0.25, 0.3) is 5.91 Å². The molecule has 4 aliphatic rings. The summed E-state index contributed by atoms with van der Waals surface area (Å²) < 4.78 is 10.3. The van der Waals surface area contributed by atoms with Gasteiger partial charge in [0, 0.05) is 6.07 Å². The first-order chi connectivity index (χ1) is 12.2. The molecular weight excluding hydrogens is 336 g/mol. The third-order valence-electron chi connectivity index (χ3n) is 6.23. The van der Waals surface area contributed by atoms with Crippen molar-refractivity contribution in [3.05, 3.63) is 11.8 Å². The maximum Gasteiger partial charge on any atom is 0.307 e. The van der Waals surface area contributed by atoms with Crippen LogP contribution in [0.15, 0.2) is 10.6 Å². The number of nitrogens with zero attached hydrogens (tertiary/aromatic N) is 1. The molecule has 0 radical (unpaired) electrons. The zero-order valence-electron chi connectivity index (χ0n) is 15.3. The second kappa shape index (κ2) is 6.08. The fourth-order valence-electron chi connectivity index (χ4n) is 5.86. The molecule has 5 rings (SSSR count). The number of aryl methyl sites for hydroxylation is 1. The van der Waals surface area contributed by atoms with Gasteiger partial charge in [-0.25, -0.2) is 0 Å². The Bertz CT molecular complexity index is 713. The van der Waals surface area contributed by atoms with Crippen LogP contribution in [-0.4, -0.2) is 33.8 Å². The molecular formula is C19H26N2O5. The number of carbonyl (C=O) groups excluding carboxylic acids is 2. The molecule has 26 heavy (non-hydrogen) atoms. The number of ether oxygens (including phenoxy) is 1. The number of rotatable bonds is 5. The van der Waals surface area contributed by atoms with Crippen LogP contribution in [0.4, 0.5) is 5.82 Å². The lowest BCUT2D eigenvalue weighted by molar-refractivity contribution is -0.179. The SMILES string of the molecule is Cc1cc(NC(=O)[C@@H](C)OC(=O)CC23C[C@H]4C[C@@H](CC(O)(C4)C2)C3)no1. The first kappa shape index (κ1) is 17.5. The summed E-state index contributed by atoms with van der Waals surface area (Å²) >= 11 is 0. The minimum Gasteiger partial charge on any atom is -0.453 e. The van der Waals surface area contributed by atoms with Gasteiger partial charge in [0.2, 0.25) is 0 Å². The highest BCUT2D eigenvalue weighted by atomic mass is 16.5. The van der Waals surface area contributed by atoms with Crippen molar-refractivity contribution in [2.75, 3.05) is 5.32 Å². The molecule has 3 atom stereocenters. The number of hydrogen-bond acceptors (Lipinski definition) is 6. The van der Waals surface area contributed by atoms with Crippen molar-refractivity contribution in [2.24, 2.45) is 17.3 Å². The molecule has 4 fully saturated rings. The number of nitrogens with one attached hydrogen (secondary N) is 1. The first-order valence-electron chi connectivity index (χ1n) is 9.40. The largest absolute Gasteiger partial charge is 0.453 e. The van der Waals surface area contributed by atoms with E-state index in [-0.39, 0.29) is 17.8 Å². The van der Waals surface area contributed by atoms with E-state index in [1.54, 1.807) is 19.9 Å². The maximum absolute atomic E-state index is 12.5. The lowest BCUT2D eigenvalue weighted by atomic mass is 9.47. The van der Waals surface area contributed by atoms with E-state index in [0.29, 0.717) is 29.8 Å². The molecule has 4 bridgehead atoms. The normalized spacial score (nSPS) is 36.0. The van der Waals surface area contributed by atoms with Crippen LogP contribution in [0.25, 0.3) is 0 Å². The summed E-state index contributed by atoms with van der Waals surface area (Å²) in [6.07, 6.45) is 4.95. The number of hydrogen-bond donors (Lipinski definition) is 2. The molecule has 4 saturated carbocycles. The van der Waals surface area contributed by atoms with Crippen molar-refractivity contribution in [1.82, 2.24) is 5.16 Å². The molecule has 0 saturated heterocycles. The van der Waals surface area contributed by atoms with Crippen LogP contribution in [0.3, 0.4) is 0 Å². The Morgan fingerprint density at radius 1 is 1.38 bits per heavy atom. The number of esters is 1. The van der Waals surface area contributed by atoms with Crippen molar-refractivity contribution < 1.29 is 24.0 Å². The summed E-state index contributed by atoms with van der Waals surface area (Å²) in [5, 5.41) is 17.1. The predicted molar refractivity (Wildman–Crippen MR) is 92.1 cm³/mol.